The smallest absolute Gasteiger partial charge is 0.135 e. The summed E-state index contributed by atoms with van der Waals surface area (Å²) in [7, 11) is 0. The minimum absolute atomic E-state index is 0.0147. The highest BCUT2D eigenvalue weighted by Crippen LogP contribution is 2.19. The molecule has 92 valence electrons. The molecule has 3 N–H and O–H groups in total. The zero-order chi connectivity index (χ0) is 13.1. The zero-order valence-electron chi connectivity index (χ0n) is 9.28. The molecule has 0 amide bonds. The van der Waals surface area contributed by atoms with Gasteiger partial charge >= 0.3 is 0 Å². The van der Waals surface area contributed by atoms with E-state index in [2.05, 4.69) is 5.32 Å². The van der Waals surface area contributed by atoms with Crippen LogP contribution < -0.4 is 11.1 Å². The van der Waals surface area contributed by atoms with E-state index in [-0.39, 0.29) is 16.4 Å². The monoisotopic (exact) mass is 264 g/mol. The van der Waals surface area contributed by atoms with Crippen molar-refractivity contribution in [3.63, 3.8) is 0 Å². The van der Waals surface area contributed by atoms with Crippen molar-refractivity contribution in [3.8, 4) is 0 Å². The molecule has 2 nitrogen and oxygen atoms in total. The molecule has 0 aromatic heterocycles. The lowest BCUT2D eigenvalue weighted by Crippen LogP contribution is -2.11. The van der Waals surface area contributed by atoms with Gasteiger partial charge in [0.15, 0.2) is 0 Å². The van der Waals surface area contributed by atoms with Gasteiger partial charge in [0.05, 0.1) is 0 Å². The van der Waals surface area contributed by atoms with Gasteiger partial charge in [-0.3, -0.25) is 0 Å². The van der Waals surface area contributed by atoms with E-state index in [1.165, 1.54) is 24.3 Å². The second-order valence-electron chi connectivity index (χ2n) is 3.69. The van der Waals surface area contributed by atoms with E-state index < -0.39 is 5.82 Å². The van der Waals surface area contributed by atoms with Crippen LogP contribution in [0, 0.1) is 11.6 Å². The minimum atomic E-state index is -0.491. The van der Waals surface area contributed by atoms with Crippen LogP contribution in [-0.4, -0.2) is 4.99 Å². The van der Waals surface area contributed by atoms with Gasteiger partial charge < -0.3 is 11.1 Å². The molecule has 0 aliphatic carbocycles. The van der Waals surface area contributed by atoms with Crippen LogP contribution in [0.3, 0.4) is 0 Å². The van der Waals surface area contributed by atoms with E-state index in [0.717, 1.165) is 0 Å². The number of nitrogens with one attached hydrogen (secondary N) is 1. The van der Waals surface area contributed by atoms with Gasteiger partial charge in [0.1, 0.15) is 16.6 Å². The molecule has 5 heteroatoms. The van der Waals surface area contributed by atoms with Gasteiger partial charge in [-0.15, -0.1) is 0 Å². The van der Waals surface area contributed by atoms with Crippen LogP contribution in [0.25, 0.3) is 0 Å². The molecule has 2 rings (SSSR count). The van der Waals surface area contributed by atoms with E-state index in [4.69, 9.17) is 18.0 Å². The number of thiocarbonyl (C=S) groups is 1. The average molecular weight is 264 g/mol. The lowest BCUT2D eigenvalue weighted by atomic mass is 10.2. The van der Waals surface area contributed by atoms with Crippen LogP contribution in [0.2, 0.25) is 0 Å². The number of anilines is 2. The van der Waals surface area contributed by atoms with Crippen molar-refractivity contribution in [1.29, 1.82) is 0 Å². The molecule has 0 bridgehead atoms. The molecule has 0 unspecified atom stereocenters. The van der Waals surface area contributed by atoms with Crippen LogP contribution in [0.15, 0.2) is 42.5 Å². The summed E-state index contributed by atoms with van der Waals surface area (Å²) in [6.45, 7) is 0. The number of halogens is 2. The summed E-state index contributed by atoms with van der Waals surface area (Å²) in [6.07, 6.45) is 0. The van der Waals surface area contributed by atoms with Gasteiger partial charge in [-0.25, -0.2) is 8.78 Å². The van der Waals surface area contributed by atoms with Gasteiger partial charge in [-0.05, 0) is 42.5 Å². The first-order valence-corrected chi connectivity index (χ1v) is 5.59. The molecule has 0 radical (unpaired) electrons. The van der Waals surface area contributed by atoms with Gasteiger partial charge in [0, 0.05) is 16.9 Å². The summed E-state index contributed by atoms with van der Waals surface area (Å²) in [5, 5.41) is 2.95. The Labute approximate surface area is 108 Å². The standard InChI is InChI=1S/C13H10F2N2S/c14-8-1-3-9(4-2-8)17-10-5-6-11(13(16)18)12(15)7-10/h1-7,17H,(H2,16,18). The predicted molar refractivity (Wildman–Crippen MR) is 72.0 cm³/mol. The first kappa shape index (κ1) is 12.4. The van der Waals surface area contributed by atoms with Gasteiger partial charge in [-0.1, -0.05) is 12.2 Å². The first-order chi connectivity index (χ1) is 8.56. The summed E-state index contributed by atoms with van der Waals surface area (Å²) in [4.78, 5) is 0.0147. The Morgan fingerprint density at radius 2 is 1.61 bits per heavy atom. The summed E-state index contributed by atoms with van der Waals surface area (Å²) in [5.74, 6) is -0.815. The summed E-state index contributed by atoms with van der Waals surface area (Å²) in [5.41, 5.74) is 6.77. The first-order valence-electron chi connectivity index (χ1n) is 5.18. The Balaban J connectivity index is 2.22. The molecule has 0 heterocycles. The number of hydrogen-bond donors (Lipinski definition) is 2. The Morgan fingerprint density at radius 3 is 2.17 bits per heavy atom. The van der Waals surface area contributed by atoms with Crippen molar-refractivity contribution < 1.29 is 8.78 Å². The molecule has 0 saturated heterocycles. The SMILES string of the molecule is NC(=S)c1ccc(Nc2ccc(F)cc2)cc1F. The number of hydrogen-bond acceptors (Lipinski definition) is 2. The average Bonchev–Trinajstić information content (AvgIpc) is 2.32. The van der Waals surface area contributed by atoms with Crippen LogP contribution in [0.1, 0.15) is 5.56 Å². The highest BCUT2D eigenvalue weighted by atomic mass is 32.1. The summed E-state index contributed by atoms with van der Waals surface area (Å²) >= 11 is 4.71. The second kappa shape index (κ2) is 5.10. The third kappa shape index (κ3) is 2.81. The molecule has 0 spiro atoms. The minimum Gasteiger partial charge on any atom is -0.389 e. The maximum absolute atomic E-state index is 13.6. The van der Waals surface area contributed by atoms with Crippen LogP contribution in [0.4, 0.5) is 20.2 Å². The predicted octanol–water partition coefficient (Wildman–Crippen LogP) is 3.34. The summed E-state index contributed by atoms with van der Waals surface area (Å²) in [6, 6.07) is 10.2. The van der Waals surface area contributed by atoms with E-state index in [0.29, 0.717) is 11.4 Å². The zero-order valence-corrected chi connectivity index (χ0v) is 10.1. The molecule has 0 fully saturated rings. The lowest BCUT2D eigenvalue weighted by molar-refractivity contribution is 0.625. The van der Waals surface area contributed by atoms with Crippen molar-refractivity contribution >= 4 is 28.6 Å². The quantitative estimate of drug-likeness (QED) is 0.835. The maximum atomic E-state index is 13.6. The molecular formula is C13H10F2N2S. The van der Waals surface area contributed by atoms with E-state index in [1.54, 1.807) is 18.2 Å². The topological polar surface area (TPSA) is 38.0 Å². The number of nitrogens with two attached hydrogens (primary N) is 1. The Morgan fingerprint density at radius 1 is 1.00 bits per heavy atom. The highest BCUT2D eigenvalue weighted by molar-refractivity contribution is 7.80. The molecule has 0 aliphatic heterocycles. The fourth-order valence-corrected chi connectivity index (χ4v) is 1.66. The van der Waals surface area contributed by atoms with E-state index >= 15 is 0 Å². The van der Waals surface area contributed by atoms with Gasteiger partial charge in [0.25, 0.3) is 0 Å². The molecule has 2 aromatic carbocycles. The van der Waals surface area contributed by atoms with Gasteiger partial charge in [0.2, 0.25) is 0 Å². The second-order valence-corrected chi connectivity index (χ2v) is 4.13. The van der Waals surface area contributed by atoms with Crippen molar-refractivity contribution in [1.82, 2.24) is 0 Å². The van der Waals surface area contributed by atoms with Crippen molar-refractivity contribution in [3.05, 3.63) is 59.7 Å². The van der Waals surface area contributed by atoms with E-state index in [9.17, 15) is 8.78 Å². The van der Waals surface area contributed by atoms with Crippen LogP contribution >= 0.6 is 12.2 Å². The van der Waals surface area contributed by atoms with E-state index in [1.807, 2.05) is 0 Å². The normalized spacial score (nSPS) is 10.1. The molecule has 0 atom stereocenters. The molecule has 0 saturated carbocycles. The Bertz CT molecular complexity index is 582. The number of benzene rings is 2. The van der Waals surface area contributed by atoms with Crippen LogP contribution in [-0.2, 0) is 0 Å². The third-order valence-electron chi connectivity index (χ3n) is 2.37. The molecule has 2 aromatic rings. The Hall–Kier alpha value is -2.01. The van der Waals surface area contributed by atoms with Crippen molar-refractivity contribution in [2.75, 3.05) is 5.32 Å². The Kier molecular flexibility index (Phi) is 3.53. The largest absolute Gasteiger partial charge is 0.389 e. The number of rotatable bonds is 3. The molecule has 0 aliphatic rings. The maximum Gasteiger partial charge on any atom is 0.135 e. The fourth-order valence-electron chi connectivity index (χ4n) is 1.49. The molecule has 18 heavy (non-hydrogen) atoms. The highest BCUT2D eigenvalue weighted by Gasteiger charge is 2.06. The van der Waals surface area contributed by atoms with Gasteiger partial charge in [-0.2, -0.15) is 0 Å². The summed E-state index contributed by atoms with van der Waals surface area (Å²) < 4.78 is 26.3. The lowest BCUT2D eigenvalue weighted by Gasteiger charge is -2.08. The molecular weight excluding hydrogens is 254 g/mol. The van der Waals surface area contributed by atoms with Crippen molar-refractivity contribution in [2.45, 2.75) is 0 Å². The fraction of sp³-hybridized carbons (Fsp3) is 0. The van der Waals surface area contributed by atoms with Crippen LogP contribution in [0.5, 0.6) is 0 Å². The van der Waals surface area contributed by atoms with Crippen molar-refractivity contribution in [2.24, 2.45) is 5.73 Å². The third-order valence-corrected chi connectivity index (χ3v) is 2.59.